The first kappa shape index (κ1) is 20.6. The molecule has 7 heteroatoms. The largest absolute Gasteiger partial charge is 0.464 e. The third kappa shape index (κ3) is 4.85. The van der Waals surface area contributed by atoms with Crippen molar-refractivity contribution in [1.82, 2.24) is 4.57 Å². The summed E-state index contributed by atoms with van der Waals surface area (Å²) in [5, 5.41) is 2.69. The molecule has 3 rings (SSSR count). The number of carbonyl (C=O) groups is 3. The quantitative estimate of drug-likeness (QED) is 0.781. The average molecular weight is 398 g/mol. The van der Waals surface area contributed by atoms with Crippen LogP contribution in [-0.4, -0.2) is 35.1 Å². The number of rotatable bonds is 4. The minimum absolute atomic E-state index is 0.0621. The summed E-state index contributed by atoms with van der Waals surface area (Å²) in [7, 11) is 1.33. The number of hydrogen-bond acceptors (Lipinski definition) is 5. The standard InChI is InChI=1S/C22H26N2O5/c1-22(2,3)29-21(27)23-15-10-8-14(9-11-15)13-24-17-6-5-7-19(25)16(17)12-18(24)20(26)28-4/h8-12H,5-7,13H2,1-4H3,(H,23,27). The number of carbonyl (C=O) groups excluding carboxylic acids is 3. The number of amides is 1. The number of hydrogen-bond donors (Lipinski definition) is 1. The van der Waals surface area contributed by atoms with Gasteiger partial charge in [0.05, 0.1) is 7.11 Å². The summed E-state index contributed by atoms with van der Waals surface area (Å²) in [6.07, 6.45) is 1.50. The predicted molar refractivity (Wildman–Crippen MR) is 108 cm³/mol. The van der Waals surface area contributed by atoms with Gasteiger partial charge in [-0.2, -0.15) is 0 Å². The van der Waals surface area contributed by atoms with Crippen LogP contribution in [0.3, 0.4) is 0 Å². The van der Waals surface area contributed by atoms with Gasteiger partial charge in [-0.05, 0) is 57.4 Å². The molecule has 0 unspecified atom stereocenters. The van der Waals surface area contributed by atoms with E-state index in [1.807, 2.05) is 16.7 Å². The average Bonchev–Trinajstić information content (AvgIpc) is 3.01. The predicted octanol–water partition coefficient (Wildman–Crippen LogP) is 4.19. The minimum Gasteiger partial charge on any atom is -0.464 e. The highest BCUT2D eigenvalue weighted by molar-refractivity contribution is 6.01. The first-order valence-corrected chi connectivity index (χ1v) is 9.61. The zero-order chi connectivity index (χ0) is 21.2. The lowest BCUT2D eigenvalue weighted by Gasteiger charge is -2.20. The highest BCUT2D eigenvalue weighted by Crippen LogP contribution is 2.27. The fourth-order valence-corrected chi connectivity index (χ4v) is 3.40. The molecule has 29 heavy (non-hydrogen) atoms. The monoisotopic (exact) mass is 398 g/mol. The number of anilines is 1. The second-order valence-electron chi connectivity index (χ2n) is 8.07. The van der Waals surface area contributed by atoms with Gasteiger partial charge in [0.25, 0.3) is 0 Å². The first-order chi connectivity index (χ1) is 13.7. The molecule has 154 valence electrons. The van der Waals surface area contributed by atoms with E-state index in [4.69, 9.17) is 9.47 Å². The maximum Gasteiger partial charge on any atom is 0.412 e. The number of methoxy groups -OCH3 is 1. The molecule has 1 amide bonds. The Morgan fingerprint density at radius 2 is 1.83 bits per heavy atom. The van der Waals surface area contributed by atoms with Crippen molar-refractivity contribution in [1.29, 1.82) is 0 Å². The van der Waals surface area contributed by atoms with Gasteiger partial charge in [0.15, 0.2) is 5.78 Å². The van der Waals surface area contributed by atoms with E-state index in [0.29, 0.717) is 29.9 Å². The second kappa shape index (κ2) is 8.11. The molecule has 1 heterocycles. The van der Waals surface area contributed by atoms with E-state index < -0.39 is 17.7 Å². The Kier molecular flexibility index (Phi) is 5.77. The molecule has 1 aromatic heterocycles. The Balaban J connectivity index is 1.80. The van der Waals surface area contributed by atoms with E-state index in [1.165, 1.54) is 7.11 Å². The van der Waals surface area contributed by atoms with Crippen LogP contribution in [0.2, 0.25) is 0 Å². The van der Waals surface area contributed by atoms with E-state index in [9.17, 15) is 14.4 Å². The number of nitrogens with one attached hydrogen (secondary N) is 1. The smallest absolute Gasteiger partial charge is 0.412 e. The van der Waals surface area contributed by atoms with Crippen LogP contribution < -0.4 is 5.32 Å². The Morgan fingerprint density at radius 3 is 2.45 bits per heavy atom. The number of esters is 1. The topological polar surface area (TPSA) is 86.6 Å². The minimum atomic E-state index is -0.570. The van der Waals surface area contributed by atoms with Crippen LogP contribution in [0.4, 0.5) is 10.5 Å². The van der Waals surface area contributed by atoms with E-state index in [1.54, 1.807) is 39.0 Å². The van der Waals surface area contributed by atoms with Gasteiger partial charge < -0.3 is 14.0 Å². The number of ketones is 1. The first-order valence-electron chi connectivity index (χ1n) is 9.61. The molecule has 1 aliphatic carbocycles. The van der Waals surface area contributed by atoms with Gasteiger partial charge in [-0.3, -0.25) is 10.1 Å². The molecule has 0 radical (unpaired) electrons. The molecule has 0 fully saturated rings. The number of benzene rings is 1. The van der Waals surface area contributed by atoms with Crippen molar-refractivity contribution in [2.24, 2.45) is 0 Å². The molecule has 1 aliphatic rings. The van der Waals surface area contributed by atoms with Crippen molar-refractivity contribution in [2.75, 3.05) is 12.4 Å². The van der Waals surface area contributed by atoms with Crippen LogP contribution in [-0.2, 0) is 22.4 Å². The van der Waals surface area contributed by atoms with Crippen molar-refractivity contribution in [3.8, 4) is 0 Å². The van der Waals surface area contributed by atoms with Crippen LogP contribution in [0, 0.1) is 0 Å². The second-order valence-corrected chi connectivity index (χ2v) is 8.07. The molecule has 1 aromatic carbocycles. The molecule has 0 saturated heterocycles. The maximum atomic E-state index is 12.2. The van der Waals surface area contributed by atoms with Crippen LogP contribution >= 0.6 is 0 Å². The van der Waals surface area contributed by atoms with Crippen molar-refractivity contribution < 1.29 is 23.9 Å². The molecule has 0 saturated carbocycles. The molecular weight excluding hydrogens is 372 g/mol. The maximum absolute atomic E-state index is 12.2. The summed E-state index contributed by atoms with van der Waals surface area (Å²) in [4.78, 5) is 36.4. The van der Waals surface area contributed by atoms with E-state index in [0.717, 1.165) is 24.1 Å². The Labute approximate surface area is 170 Å². The Hall–Kier alpha value is -3.09. The van der Waals surface area contributed by atoms with Gasteiger partial charge in [0.2, 0.25) is 0 Å². The van der Waals surface area contributed by atoms with Gasteiger partial charge in [0, 0.05) is 29.9 Å². The number of Topliss-reactive ketones (excluding diaryl/α,β-unsaturated/α-hetero) is 1. The molecule has 7 nitrogen and oxygen atoms in total. The number of nitrogens with zero attached hydrogens (tertiary/aromatic N) is 1. The summed E-state index contributed by atoms with van der Waals surface area (Å²) in [6.45, 7) is 5.84. The van der Waals surface area contributed by atoms with Crippen molar-refractivity contribution in [3.05, 3.63) is 52.8 Å². The van der Waals surface area contributed by atoms with E-state index in [-0.39, 0.29) is 5.78 Å². The lowest BCUT2D eigenvalue weighted by molar-refractivity contribution is 0.0586. The van der Waals surface area contributed by atoms with Crippen molar-refractivity contribution in [2.45, 2.75) is 52.2 Å². The van der Waals surface area contributed by atoms with Gasteiger partial charge in [0.1, 0.15) is 11.3 Å². The molecule has 0 spiro atoms. The fraction of sp³-hybridized carbons (Fsp3) is 0.409. The SMILES string of the molecule is COC(=O)c1cc2c(n1Cc1ccc(NC(=O)OC(C)(C)C)cc1)CCCC2=O. The van der Waals surface area contributed by atoms with Crippen molar-refractivity contribution >= 4 is 23.5 Å². The summed E-state index contributed by atoms with van der Waals surface area (Å²) in [5.41, 5.74) is 2.84. The van der Waals surface area contributed by atoms with Gasteiger partial charge in [-0.15, -0.1) is 0 Å². The molecular formula is C22H26N2O5. The summed E-state index contributed by atoms with van der Waals surface area (Å²) >= 11 is 0. The summed E-state index contributed by atoms with van der Waals surface area (Å²) in [6, 6.07) is 8.92. The van der Waals surface area contributed by atoms with Crippen LogP contribution in [0.25, 0.3) is 0 Å². The number of ether oxygens (including phenoxy) is 2. The van der Waals surface area contributed by atoms with Gasteiger partial charge in [-0.1, -0.05) is 12.1 Å². The van der Waals surface area contributed by atoms with Crippen LogP contribution in [0.15, 0.2) is 30.3 Å². The molecule has 2 aromatic rings. The molecule has 0 atom stereocenters. The number of fused-ring (bicyclic) bond motifs is 1. The van der Waals surface area contributed by atoms with Crippen LogP contribution in [0.5, 0.6) is 0 Å². The fourth-order valence-electron chi connectivity index (χ4n) is 3.40. The lowest BCUT2D eigenvalue weighted by atomic mass is 9.96. The lowest BCUT2D eigenvalue weighted by Crippen LogP contribution is -2.27. The summed E-state index contributed by atoms with van der Waals surface area (Å²) < 4.78 is 12.0. The summed E-state index contributed by atoms with van der Waals surface area (Å²) in [5.74, 6) is -0.400. The third-order valence-corrected chi connectivity index (χ3v) is 4.66. The van der Waals surface area contributed by atoms with E-state index in [2.05, 4.69) is 5.32 Å². The Morgan fingerprint density at radius 1 is 1.14 bits per heavy atom. The van der Waals surface area contributed by atoms with Gasteiger partial charge >= 0.3 is 12.1 Å². The van der Waals surface area contributed by atoms with Gasteiger partial charge in [-0.25, -0.2) is 9.59 Å². The molecule has 0 aliphatic heterocycles. The highest BCUT2D eigenvalue weighted by Gasteiger charge is 2.27. The van der Waals surface area contributed by atoms with E-state index >= 15 is 0 Å². The zero-order valence-electron chi connectivity index (χ0n) is 17.2. The normalized spacial score (nSPS) is 13.6. The zero-order valence-corrected chi connectivity index (χ0v) is 17.2. The van der Waals surface area contributed by atoms with Crippen LogP contribution in [0.1, 0.15) is 65.7 Å². The molecule has 1 N–H and O–H groups in total. The highest BCUT2D eigenvalue weighted by atomic mass is 16.6. The Bertz CT molecular complexity index is 935. The van der Waals surface area contributed by atoms with Crippen molar-refractivity contribution in [3.63, 3.8) is 0 Å². The third-order valence-electron chi connectivity index (χ3n) is 4.66. The number of aromatic nitrogens is 1. The molecule has 0 bridgehead atoms.